The molecule has 0 spiro atoms. The van der Waals surface area contributed by atoms with Crippen LogP contribution in [0.2, 0.25) is 0 Å². The second kappa shape index (κ2) is 4.65. The summed E-state index contributed by atoms with van der Waals surface area (Å²) in [6, 6.07) is 0.851. The Balaban J connectivity index is 2.39. The molecule has 2 heterocycles. The number of rotatable bonds is 2. The van der Waals surface area contributed by atoms with Crippen LogP contribution in [0.15, 0.2) is 17.1 Å². The molecule has 18 heavy (non-hydrogen) atoms. The predicted molar refractivity (Wildman–Crippen MR) is 58.1 cm³/mol. The lowest BCUT2D eigenvalue weighted by atomic mass is 10.1. The molecule has 0 bridgehead atoms. The maximum absolute atomic E-state index is 13.3. The molecule has 0 aliphatic carbocycles. The summed E-state index contributed by atoms with van der Waals surface area (Å²) in [6.45, 7) is -0.527. The minimum absolute atomic E-state index is 0.317. The zero-order valence-electron chi connectivity index (χ0n) is 9.23. The van der Waals surface area contributed by atoms with Crippen LogP contribution in [0.4, 0.5) is 10.1 Å². The van der Waals surface area contributed by atoms with E-state index in [-0.39, 0.29) is 5.69 Å². The van der Waals surface area contributed by atoms with Gasteiger partial charge in [-0.25, -0.2) is 4.39 Å². The van der Waals surface area contributed by atoms with Gasteiger partial charge in [0, 0.05) is 12.3 Å². The van der Waals surface area contributed by atoms with Gasteiger partial charge in [0.25, 0.3) is 5.56 Å². The molecule has 0 saturated carbocycles. The van der Waals surface area contributed by atoms with E-state index in [0.29, 0.717) is 0 Å². The Kier molecular flexibility index (Phi) is 3.35. The zero-order chi connectivity index (χ0) is 13.4. The number of hydrogen-bond acceptors (Lipinski definition) is 6. The predicted octanol–water partition coefficient (Wildman–Crippen LogP) is -1.82. The molecular weight excluding hydrogens is 247 g/mol. The summed E-state index contributed by atoms with van der Waals surface area (Å²) < 4.78 is 19.2. The number of nitrogens with zero attached hydrogens (tertiary/aromatic N) is 1. The van der Waals surface area contributed by atoms with Crippen molar-refractivity contribution < 1.29 is 24.4 Å². The molecule has 8 heteroatoms. The second-order valence-electron chi connectivity index (χ2n) is 4.05. The van der Waals surface area contributed by atoms with Crippen molar-refractivity contribution in [3.05, 3.63) is 28.4 Å². The van der Waals surface area contributed by atoms with E-state index in [0.717, 1.165) is 16.8 Å². The van der Waals surface area contributed by atoms with E-state index in [9.17, 15) is 19.4 Å². The largest absolute Gasteiger partial charge is 0.396 e. The molecule has 1 aliphatic heterocycles. The lowest BCUT2D eigenvalue weighted by Crippen LogP contribution is -2.35. The van der Waals surface area contributed by atoms with Crippen LogP contribution in [0.5, 0.6) is 0 Å². The number of nitrogen functional groups attached to an aromatic ring is 1. The van der Waals surface area contributed by atoms with Crippen molar-refractivity contribution in [1.82, 2.24) is 4.57 Å². The molecule has 5 N–H and O–H groups in total. The van der Waals surface area contributed by atoms with Crippen LogP contribution in [0, 0.1) is 5.82 Å². The highest BCUT2D eigenvalue weighted by Crippen LogP contribution is 2.28. The normalized spacial score (nSPS) is 31.8. The van der Waals surface area contributed by atoms with Gasteiger partial charge in [-0.1, -0.05) is 0 Å². The first-order chi connectivity index (χ1) is 8.45. The van der Waals surface area contributed by atoms with Crippen LogP contribution in [-0.2, 0) is 4.74 Å². The van der Waals surface area contributed by atoms with Gasteiger partial charge in [-0.15, -0.1) is 0 Å². The average molecular weight is 260 g/mol. The molecule has 7 nitrogen and oxygen atoms in total. The lowest BCUT2D eigenvalue weighted by Gasteiger charge is -2.17. The first-order valence-electron chi connectivity index (χ1n) is 5.25. The van der Waals surface area contributed by atoms with Crippen LogP contribution >= 0.6 is 0 Å². The Bertz CT molecular complexity index is 506. The molecule has 0 amide bonds. The molecule has 100 valence electrons. The number of aromatic nitrogens is 1. The van der Waals surface area contributed by atoms with Crippen molar-refractivity contribution in [2.75, 3.05) is 12.3 Å². The SMILES string of the molecule is Nc1cc(=O)n(C2OC(CO)C(O)C2O)cc1F. The summed E-state index contributed by atoms with van der Waals surface area (Å²) in [5.74, 6) is -0.840. The Labute approximate surface area is 101 Å². The fourth-order valence-electron chi connectivity index (χ4n) is 1.85. The fourth-order valence-corrected chi connectivity index (χ4v) is 1.85. The first-order valence-corrected chi connectivity index (χ1v) is 5.25. The van der Waals surface area contributed by atoms with Crippen molar-refractivity contribution >= 4 is 5.69 Å². The van der Waals surface area contributed by atoms with Gasteiger partial charge in [0.15, 0.2) is 12.0 Å². The third kappa shape index (κ3) is 1.99. The smallest absolute Gasteiger partial charge is 0.254 e. The van der Waals surface area contributed by atoms with Crippen LogP contribution in [0.1, 0.15) is 6.23 Å². The molecule has 1 aromatic rings. The second-order valence-corrected chi connectivity index (χ2v) is 4.05. The van der Waals surface area contributed by atoms with Gasteiger partial charge < -0.3 is 25.8 Å². The van der Waals surface area contributed by atoms with Crippen molar-refractivity contribution in [3.8, 4) is 0 Å². The van der Waals surface area contributed by atoms with Gasteiger partial charge in [0.1, 0.15) is 18.3 Å². The monoisotopic (exact) mass is 260 g/mol. The first kappa shape index (κ1) is 13.0. The highest BCUT2D eigenvalue weighted by Gasteiger charge is 2.43. The van der Waals surface area contributed by atoms with E-state index >= 15 is 0 Å². The van der Waals surface area contributed by atoms with Gasteiger partial charge >= 0.3 is 0 Å². The van der Waals surface area contributed by atoms with E-state index in [2.05, 4.69) is 0 Å². The molecule has 1 aliphatic rings. The summed E-state index contributed by atoms with van der Waals surface area (Å²) >= 11 is 0. The summed E-state index contributed by atoms with van der Waals surface area (Å²) in [7, 11) is 0. The highest BCUT2D eigenvalue weighted by atomic mass is 19.1. The van der Waals surface area contributed by atoms with Gasteiger partial charge in [-0.2, -0.15) is 0 Å². The van der Waals surface area contributed by atoms with Gasteiger partial charge in [-0.05, 0) is 0 Å². The Morgan fingerprint density at radius 3 is 2.67 bits per heavy atom. The molecule has 4 unspecified atom stereocenters. The number of pyridine rings is 1. The molecular formula is C10H13FN2O5. The summed E-state index contributed by atoms with van der Waals surface area (Å²) in [5.41, 5.74) is 4.23. The number of aliphatic hydroxyl groups excluding tert-OH is 3. The number of anilines is 1. The molecule has 1 fully saturated rings. The number of ether oxygens (including phenoxy) is 1. The van der Waals surface area contributed by atoms with Crippen LogP contribution in [-0.4, -0.2) is 44.8 Å². The molecule has 0 radical (unpaired) electrons. The van der Waals surface area contributed by atoms with E-state index in [4.69, 9.17) is 15.6 Å². The highest BCUT2D eigenvalue weighted by molar-refractivity contribution is 5.36. The molecule has 0 aromatic carbocycles. The van der Waals surface area contributed by atoms with Crippen molar-refractivity contribution in [2.45, 2.75) is 24.5 Å². The quantitative estimate of drug-likeness (QED) is 0.497. The molecule has 4 atom stereocenters. The third-order valence-electron chi connectivity index (χ3n) is 2.85. The van der Waals surface area contributed by atoms with Crippen molar-refractivity contribution in [3.63, 3.8) is 0 Å². The number of nitrogens with two attached hydrogens (primary N) is 1. The number of halogens is 1. The maximum atomic E-state index is 13.3. The third-order valence-corrected chi connectivity index (χ3v) is 2.85. The maximum Gasteiger partial charge on any atom is 0.254 e. The van der Waals surface area contributed by atoms with E-state index in [1.54, 1.807) is 0 Å². The van der Waals surface area contributed by atoms with Crippen molar-refractivity contribution in [2.24, 2.45) is 0 Å². The van der Waals surface area contributed by atoms with Gasteiger partial charge in [-0.3, -0.25) is 9.36 Å². The molecule has 1 aromatic heterocycles. The van der Waals surface area contributed by atoms with Gasteiger partial charge in [0.05, 0.1) is 12.3 Å². The molecule has 1 saturated heterocycles. The Hall–Kier alpha value is -1.48. The topological polar surface area (TPSA) is 118 Å². The van der Waals surface area contributed by atoms with Crippen LogP contribution < -0.4 is 11.3 Å². The summed E-state index contributed by atoms with van der Waals surface area (Å²) in [6.07, 6.45) is -4.30. The van der Waals surface area contributed by atoms with Gasteiger partial charge in [0.2, 0.25) is 0 Å². The standard InChI is InChI=1S/C10H13FN2O5/c11-4-2-13(7(15)1-5(4)12)10-9(17)8(16)6(3-14)18-10/h1-2,6,8-10,14,16-17H,3,12H2. The zero-order valence-corrected chi connectivity index (χ0v) is 9.23. The molecule has 2 rings (SSSR count). The lowest BCUT2D eigenvalue weighted by molar-refractivity contribution is -0.0547. The minimum atomic E-state index is -1.44. The summed E-state index contributed by atoms with van der Waals surface area (Å²) in [5, 5.41) is 28.1. The van der Waals surface area contributed by atoms with E-state index in [1.807, 2.05) is 0 Å². The Morgan fingerprint density at radius 2 is 2.11 bits per heavy atom. The number of hydrogen-bond donors (Lipinski definition) is 4. The number of aliphatic hydroxyl groups is 3. The summed E-state index contributed by atoms with van der Waals surface area (Å²) in [4.78, 5) is 11.6. The minimum Gasteiger partial charge on any atom is -0.396 e. The van der Waals surface area contributed by atoms with Crippen LogP contribution in [0.25, 0.3) is 0 Å². The van der Waals surface area contributed by atoms with Crippen LogP contribution in [0.3, 0.4) is 0 Å². The fraction of sp³-hybridized carbons (Fsp3) is 0.500. The van der Waals surface area contributed by atoms with Crippen molar-refractivity contribution in [1.29, 1.82) is 0 Å². The average Bonchev–Trinajstić information content (AvgIpc) is 2.61. The van der Waals surface area contributed by atoms with E-state index in [1.165, 1.54) is 0 Å². The Morgan fingerprint density at radius 1 is 1.44 bits per heavy atom. The van der Waals surface area contributed by atoms with E-state index < -0.39 is 42.5 Å².